The third-order valence-electron chi connectivity index (χ3n) is 11.3. The minimum absolute atomic E-state index is 0.0429. The number of terminal acetylenes is 1. The standard InChI is InChI=1S/C42H67N15O8/c1-5-22-63-24-26-65-27-25-64-23-13-44-40-45-41(54-18-14-52(15-19-54)38(61)35(9-7-8-12-43)56-30-34(49-50-56)28-32(4)58)47-42(46-40)55-20-16-53(17-21-55)39(62)37(31(3)6-2)57-29-33(48-51-57)10-11-36(59)60/h1,29-32,35,37,58H,6-28,43H2,2-4H3,(H,59,60)(H,44,45,46,47)/t31-,32?,35-,37-/m0/s1. The molecule has 2 fully saturated rings. The number of amides is 2. The highest BCUT2D eigenvalue weighted by Gasteiger charge is 2.35. The summed E-state index contributed by atoms with van der Waals surface area (Å²) < 4.78 is 19.7. The number of nitrogens with zero attached hydrogens (tertiary/aromatic N) is 13. The Kier molecular flexibility index (Phi) is 20.5. The lowest BCUT2D eigenvalue weighted by Crippen LogP contribution is -2.52. The molecular weight excluding hydrogens is 843 g/mol. The summed E-state index contributed by atoms with van der Waals surface area (Å²) in [6.45, 7) is 12.5. The molecule has 3 aromatic heterocycles. The molecule has 5 heterocycles. The van der Waals surface area contributed by atoms with Gasteiger partial charge >= 0.3 is 5.97 Å². The van der Waals surface area contributed by atoms with E-state index in [4.69, 9.17) is 46.4 Å². The SMILES string of the molecule is C#CCOCCOCCOCCNc1nc(N2CCN(C(=O)[C@H]([C@@H](C)CC)n3cc(CCC(=O)O)nn3)CC2)nc(N2CCN(C(=O)[C@H](CCCCN)n3cc(CC(C)O)nn3)CC2)n1. The van der Waals surface area contributed by atoms with Crippen molar-refractivity contribution in [3.8, 4) is 12.3 Å². The Hall–Kier alpha value is -5.54. The lowest BCUT2D eigenvalue weighted by Gasteiger charge is -2.38. The van der Waals surface area contributed by atoms with Crippen LogP contribution in [-0.2, 0) is 41.4 Å². The summed E-state index contributed by atoms with van der Waals surface area (Å²) in [6, 6.07) is -1.14. The van der Waals surface area contributed by atoms with E-state index in [2.05, 4.69) is 31.9 Å². The number of carbonyl (C=O) groups excluding carboxylic acids is 2. The Balaban J connectivity index is 1.25. The summed E-state index contributed by atoms with van der Waals surface area (Å²) in [7, 11) is 0. The van der Waals surface area contributed by atoms with Crippen molar-refractivity contribution >= 4 is 35.6 Å². The van der Waals surface area contributed by atoms with Crippen molar-refractivity contribution in [3.63, 3.8) is 0 Å². The fourth-order valence-electron chi connectivity index (χ4n) is 7.53. The number of anilines is 3. The van der Waals surface area contributed by atoms with E-state index in [-0.39, 0.29) is 37.2 Å². The minimum Gasteiger partial charge on any atom is -0.481 e. The number of aliphatic carboxylic acids is 1. The summed E-state index contributed by atoms with van der Waals surface area (Å²) in [5.41, 5.74) is 6.93. The maximum absolute atomic E-state index is 14.1. The predicted molar refractivity (Wildman–Crippen MR) is 239 cm³/mol. The van der Waals surface area contributed by atoms with Gasteiger partial charge in [0.1, 0.15) is 18.7 Å². The molecule has 2 aliphatic heterocycles. The maximum atomic E-state index is 14.1. The van der Waals surface area contributed by atoms with Gasteiger partial charge in [0.2, 0.25) is 29.7 Å². The topological polar surface area (TPSA) is 270 Å². The summed E-state index contributed by atoms with van der Waals surface area (Å²) in [4.78, 5) is 61.6. The number of rotatable bonds is 28. The van der Waals surface area contributed by atoms with Gasteiger partial charge in [-0.3, -0.25) is 14.4 Å². The second-order valence-electron chi connectivity index (χ2n) is 16.2. The highest BCUT2D eigenvalue weighted by atomic mass is 16.5. The van der Waals surface area contributed by atoms with E-state index < -0.39 is 24.2 Å². The number of unbranched alkanes of at least 4 members (excludes halogenated alkanes) is 1. The number of piperazine rings is 2. The van der Waals surface area contributed by atoms with Crippen molar-refractivity contribution in [1.29, 1.82) is 0 Å². The van der Waals surface area contributed by atoms with Gasteiger partial charge in [0.05, 0.1) is 56.9 Å². The van der Waals surface area contributed by atoms with Crippen molar-refractivity contribution < 1.29 is 38.8 Å². The van der Waals surface area contributed by atoms with E-state index in [1.54, 1.807) is 28.7 Å². The number of aliphatic hydroxyl groups excluding tert-OH is 1. The summed E-state index contributed by atoms with van der Waals surface area (Å²) in [5, 5.41) is 39.2. The van der Waals surface area contributed by atoms with Crippen LogP contribution in [-0.4, -0.2) is 194 Å². The van der Waals surface area contributed by atoms with Gasteiger partial charge in [-0.05, 0) is 38.6 Å². The van der Waals surface area contributed by atoms with Crippen LogP contribution >= 0.6 is 0 Å². The van der Waals surface area contributed by atoms with E-state index in [1.165, 1.54) is 0 Å². The molecule has 2 aliphatic rings. The number of carboxylic acids is 1. The zero-order valence-corrected chi connectivity index (χ0v) is 38.0. The summed E-state index contributed by atoms with van der Waals surface area (Å²) in [6.07, 6.45) is 11.4. The minimum atomic E-state index is -0.923. The van der Waals surface area contributed by atoms with Gasteiger partial charge < -0.3 is 55.1 Å². The number of aromatic nitrogens is 9. The lowest BCUT2D eigenvalue weighted by molar-refractivity contribution is -0.138. The van der Waals surface area contributed by atoms with Crippen LogP contribution in [0.15, 0.2) is 12.4 Å². The molecule has 0 aliphatic carbocycles. The molecule has 0 aromatic carbocycles. The second kappa shape index (κ2) is 26.4. The number of hydrogen-bond acceptors (Lipinski definition) is 18. The van der Waals surface area contributed by atoms with E-state index in [0.717, 1.165) is 19.3 Å². The molecule has 5 rings (SSSR count). The lowest BCUT2D eigenvalue weighted by atomic mass is 9.97. The first-order chi connectivity index (χ1) is 31.5. The van der Waals surface area contributed by atoms with Gasteiger partial charge in [0.25, 0.3) is 0 Å². The third kappa shape index (κ3) is 15.6. The quantitative estimate of drug-likeness (QED) is 0.0553. The number of aliphatic hydroxyl groups is 1. The average Bonchev–Trinajstić information content (AvgIpc) is 3.98. The Bertz CT molecular complexity index is 1960. The average molecular weight is 910 g/mol. The normalized spacial score (nSPS) is 16.2. The number of aryl methyl sites for hydroxylation is 1. The number of hydrogen-bond donors (Lipinski definition) is 4. The molecule has 0 spiro atoms. The first-order valence-electron chi connectivity index (χ1n) is 22.7. The zero-order chi connectivity index (χ0) is 46.6. The largest absolute Gasteiger partial charge is 0.481 e. The molecule has 65 heavy (non-hydrogen) atoms. The predicted octanol–water partition coefficient (Wildman–Crippen LogP) is 0.0449. The Morgan fingerprint density at radius 2 is 1.40 bits per heavy atom. The summed E-state index contributed by atoms with van der Waals surface area (Å²) >= 11 is 0. The van der Waals surface area contributed by atoms with Crippen molar-refractivity contribution in [1.82, 2.24) is 54.7 Å². The maximum Gasteiger partial charge on any atom is 0.303 e. The Labute approximate surface area is 380 Å². The van der Waals surface area contributed by atoms with Gasteiger partial charge in [-0.15, -0.1) is 16.6 Å². The monoisotopic (exact) mass is 910 g/mol. The van der Waals surface area contributed by atoms with E-state index >= 15 is 0 Å². The number of carbonyl (C=O) groups is 3. The van der Waals surface area contributed by atoms with Crippen LogP contribution in [0.25, 0.3) is 0 Å². The fourth-order valence-corrected chi connectivity index (χ4v) is 7.53. The van der Waals surface area contributed by atoms with E-state index in [0.29, 0.717) is 141 Å². The second-order valence-corrected chi connectivity index (χ2v) is 16.2. The molecule has 5 N–H and O–H groups in total. The number of nitrogens with one attached hydrogen (secondary N) is 1. The molecule has 23 heteroatoms. The van der Waals surface area contributed by atoms with Crippen molar-refractivity contribution in [3.05, 3.63) is 23.8 Å². The highest BCUT2D eigenvalue weighted by Crippen LogP contribution is 2.26. The first kappa shape index (κ1) is 50.5. The van der Waals surface area contributed by atoms with Crippen LogP contribution < -0.4 is 20.9 Å². The van der Waals surface area contributed by atoms with Crippen LogP contribution in [0.3, 0.4) is 0 Å². The smallest absolute Gasteiger partial charge is 0.303 e. The molecule has 23 nitrogen and oxygen atoms in total. The molecule has 2 amide bonds. The molecule has 0 radical (unpaired) electrons. The highest BCUT2D eigenvalue weighted by molar-refractivity contribution is 5.81. The molecule has 3 aromatic rings. The third-order valence-corrected chi connectivity index (χ3v) is 11.3. The van der Waals surface area contributed by atoms with Crippen molar-refractivity contribution in [2.75, 3.05) is 120 Å². The molecule has 0 saturated carbocycles. The van der Waals surface area contributed by atoms with Gasteiger partial charge in [-0.1, -0.05) is 36.6 Å². The number of carboxylic acid groups (broad SMARTS) is 1. The van der Waals surface area contributed by atoms with Crippen LogP contribution in [0, 0.1) is 18.3 Å². The molecule has 0 bridgehead atoms. The van der Waals surface area contributed by atoms with Gasteiger partial charge in [0.15, 0.2) is 0 Å². The zero-order valence-electron chi connectivity index (χ0n) is 38.0. The summed E-state index contributed by atoms with van der Waals surface area (Å²) in [5.74, 6) is 2.61. The van der Waals surface area contributed by atoms with Crippen molar-refractivity contribution in [2.24, 2.45) is 11.7 Å². The van der Waals surface area contributed by atoms with Crippen LogP contribution in [0.2, 0.25) is 0 Å². The molecule has 4 atom stereocenters. The Morgan fingerprint density at radius 1 is 0.815 bits per heavy atom. The van der Waals surface area contributed by atoms with Gasteiger partial charge in [-0.25, -0.2) is 9.36 Å². The fraction of sp³-hybridized carbons (Fsp3) is 0.714. The first-order valence-corrected chi connectivity index (χ1v) is 22.7. The van der Waals surface area contributed by atoms with Crippen LogP contribution in [0.1, 0.15) is 76.3 Å². The molecule has 1 unspecified atom stereocenters. The van der Waals surface area contributed by atoms with Crippen LogP contribution in [0.4, 0.5) is 17.8 Å². The van der Waals surface area contributed by atoms with Gasteiger partial charge in [-0.2, -0.15) is 15.0 Å². The molecular formula is C42H67N15O8. The molecule has 358 valence electrons. The Morgan fingerprint density at radius 3 is 2.00 bits per heavy atom. The van der Waals surface area contributed by atoms with Gasteiger partial charge in [0, 0.05) is 84.1 Å². The number of nitrogens with two attached hydrogens (primary N) is 1. The number of ether oxygens (including phenoxy) is 3. The van der Waals surface area contributed by atoms with E-state index in [1.807, 2.05) is 33.4 Å². The molecule has 2 saturated heterocycles. The van der Waals surface area contributed by atoms with Crippen molar-refractivity contribution in [2.45, 2.75) is 83.9 Å². The van der Waals surface area contributed by atoms with E-state index in [9.17, 15) is 19.5 Å². The van der Waals surface area contributed by atoms with Crippen LogP contribution in [0.5, 0.6) is 0 Å².